The van der Waals surface area contributed by atoms with E-state index in [0.717, 1.165) is 11.1 Å². The molecule has 1 aromatic carbocycles. The van der Waals surface area contributed by atoms with Gasteiger partial charge in [0.1, 0.15) is 0 Å². The summed E-state index contributed by atoms with van der Waals surface area (Å²) in [6.45, 7) is 5.48. The Balaban J connectivity index is 3.39. The van der Waals surface area contributed by atoms with E-state index < -0.39 is 9.84 Å². The Bertz CT molecular complexity index is 391. The fraction of sp³-hybridized carbons (Fsp3) is 0.222. The van der Waals surface area contributed by atoms with Crippen LogP contribution < -0.4 is 0 Å². The van der Waals surface area contributed by atoms with E-state index in [4.69, 9.17) is 0 Å². The molecule has 0 heterocycles. The second-order valence-corrected chi connectivity index (χ2v) is 4.86. The highest BCUT2D eigenvalue weighted by atomic mass is 32.2. The topological polar surface area (TPSA) is 34.1 Å². The Morgan fingerprint density at radius 2 is 1.92 bits per heavy atom. The van der Waals surface area contributed by atoms with Crippen molar-refractivity contribution in [2.24, 2.45) is 0 Å². The average Bonchev–Trinajstić information content (AvgIpc) is 1.83. The molecule has 0 aliphatic rings. The molecule has 0 aliphatic carbocycles. The van der Waals surface area contributed by atoms with Gasteiger partial charge >= 0.3 is 0 Å². The zero-order valence-corrected chi connectivity index (χ0v) is 7.98. The van der Waals surface area contributed by atoms with Crippen LogP contribution in [0.2, 0.25) is 0 Å². The second kappa shape index (κ2) is 2.90. The molecule has 1 radical (unpaired) electrons. The van der Waals surface area contributed by atoms with Crippen molar-refractivity contribution in [2.75, 3.05) is 6.26 Å². The molecule has 1 rings (SSSR count). The van der Waals surface area contributed by atoms with Gasteiger partial charge in [0, 0.05) is 6.26 Å². The Morgan fingerprint density at radius 3 is 2.33 bits per heavy atom. The van der Waals surface area contributed by atoms with Crippen molar-refractivity contribution >= 4 is 9.84 Å². The molecule has 3 heteroatoms. The van der Waals surface area contributed by atoms with Crippen LogP contribution in [-0.2, 0) is 9.84 Å². The fourth-order valence-electron chi connectivity index (χ4n) is 1.13. The van der Waals surface area contributed by atoms with E-state index in [2.05, 4.69) is 6.92 Å². The van der Waals surface area contributed by atoms with Gasteiger partial charge in [-0.3, -0.25) is 0 Å². The third-order valence-corrected chi connectivity index (χ3v) is 2.90. The quantitative estimate of drug-likeness (QED) is 0.662. The maximum atomic E-state index is 11.1. The molecule has 0 bridgehead atoms. The summed E-state index contributed by atoms with van der Waals surface area (Å²) in [6.07, 6.45) is 1.21. The normalized spacial score (nSPS) is 11.6. The molecule has 65 valence electrons. The van der Waals surface area contributed by atoms with E-state index in [1.807, 2.05) is 0 Å². The second-order valence-electron chi connectivity index (χ2n) is 2.87. The first-order valence-corrected chi connectivity index (χ1v) is 5.43. The third-order valence-electron chi connectivity index (χ3n) is 1.64. The highest BCUT2D eigenvalue weighted by Crippen LogP contribution is 2.15. The molecule has 0 saturated carbocycles. The lowest BCUT2D eigenvalue weighted by atomic mass is 10.2. The number of hydrogen-bond donors (Lipinski definition) is 0. The van der Waals surface area contributed by atoms with Crippen molar-refractivity contribution in [2.45, 2.75) is 11.8 Å². The van der Waals surface area contributed by atoms with Crippen LogP contribution in [0.1, 0.15) is 11.1 Å². The van der Waals surface area contributed by atoms with Gasteiger partial charge < -0.3 is 0 Å². The highest BCUT2D eigenvalue weighted by Gasteiger charge is 2.09. The third kappa shape index (κ3) is 1.85. The van der Waals surface area contributed by atoms with Crippen molar-refractivity contribution < 1.29 is 8.42 Å². The number of aryl methyl sites for hydroxylation is 1. The number of hydrogen-bond acceptors (Lipinski definition) is 2. The van der Waals surface area contributed by atoms with Crippen molar-refractivity contribution in [1.82, 2.24) is 0 Å². The SMILES string of the molecule is [CH2]c1ccc(S(C)(=O)=O)c(C)c1. The van der Waals surface area contributed by atoms with Crippen molar-refractivity contribution in [3.63, 3.8) is 0 Å². The Kier molecular flexibility index (Phi) is 2.24. The molecule has 0 unspecified atom stereocenters. The zero-order chi connectivity index (χ0) is 9.35. The van der Waals surface area contributed by atoms with Gasteiger partial charge in [0.05, 0.1) is 4.90 Å². The lowest BCUT2D eigenvalue weighted by Crippen LogP contribution is -1.99. The smallest absolute Gasteiger partial charge is 0.175 e. The average molecular weight is 183 g/mol. The van der Waals surface area contributed by atoms with Crippen LogP contribution in [0.4, 0.5) is 0 Å². The standard InChI is InChI=1S/C9H11O2S/c1-7-4-5-9(8(2)6-7)12(3,10)11/h4-6H,1H2,2-3H3. The van der Waals surface area contributed by atoms with Gasteiger partial charge in [0.25, 0.3) is 0 Å². The van der Waals surface area contributed by atoms with Gasteiger partial charge in [-0.1, -0.05) is 12.1 Å². The van der Waals surface area contributed by atoms with Crippen LogP contribution in [0.3, 0.4) is 0 Å². The molecule has 1 aromatic rings. The zero-order valence-electron chi connectivity index (χ0n) is 7.16. The van der Waals surface area contributed by atoms with Gasteiger partial charge in [-0.25, -0.2) is 8.42 Å². The molecular weight excluding hydrogens is 172 g/mol. The summed E-state index contributed by atoms with van der Waals surface area (Å²) in [7, 11) is -3.08. The Morgan fingerprint density at radius 1 is 1.33 bits per heavy atom. The van der Waals surface area contributed by atoms with Crippen LogP contribution in [-0.4, -0.2) is 14.7 Å². The van der Waals surface area contributed by atoms with Gasteiger partial charge in [-0.15, -0.1) is 0 Å². The lowest BCUT2D eigenvalue weighted by molar-refractivity contribution is 0.601. The van der Waals surface area contributed by atoms with Crippen molar-refractivity contribution in [1.29, 1.82) is 0 Å². The maximum Gasteiger partial charge on any atom is 0.175 e. The molecule has 0 saturated heterocycles. The van der Waals surface area contributed by atoms with Crippen LogP contribution >= 0.6 is 0 Å². The van der Waals surface area contributed by atoms with E-state index >= 15 is 0 Å². The molecular formula is C9H11O2S. The summed E-state index contributed by atoms with van der Waals surface area (Å²) in [5.41, 5.74) is 1.59. The van der Waals surface area contributed by atoms with Gasteiger partial charge in [0.2, 0.25) is 0 Å². The minimum atomic E-state index is -3.08. The Labute approximate surface area is 73.2 Å². The van der Waals surface area contributed by atoms with Crippen molar-refractivity contribution in [3.05, 3.63) is 36.2 Å². The summed E-state index contributed by atoms with van der Waals surface area (Å²) in [4.78, 5) is 0.384. The summed E-state index contributed by atoms with van der Waals surface area (Å²) in [6, 6.07) is 5.05. The maximum absolute atomic E-state index is 11.1. The summed E-state index contributed by atoms with van der Waals surface area (Å²) in [5.74, 6) is 0. The predicted molar refractivity (Wildman–Crippen MR) is 48.7 cm³/mol. The molecule has 0 aromatic heterocycles. The monoisotopic (exact) mass is 183 g/mol. The molecule has 0 fully saturated rings. The largest absolute Gasteiger partial charge is 0.224 e. The van der Waals surface area contributed by atoms with Crippen LogP contribution in [0.5, 0.6) is 0 Å². The minimum absolute atomic E-state index is 0.384. The highest BCUT2D eigenvalue weighted by molar-refractivity contribution is 7.90. The van der Waals surface area contributed by atoms with Gasteiger partial charge in [-0.05, 0) is 31.0 Å². The first kappa shape index (κ1) is 9.26. The molecule has 2 nitrogen and oxygen atoms in total. The fourth-order valence-corrected chi connectivity index (χ4v) is 2.09. The Hall–Kier alpha value is -0.830. The van der Waals surface area contributed by atoms with Crippen LogP contribution in [0.25, 0.3) is 0 Å². The predicted octanol–water partition coefficient (Wildman–Crippen LogP) is 1.58. The van der Waals surface area contributed by atoms with E-state index in [1.165, 1.54) is 6.26 Å². The van der Waals surface area contributed by atoms with Gasteiger partial charge in [-0.2, -0.15) is 0 Å². The summed E-state index contributed by atoms with van der Waals surface area (Å²) >= 11 is 0. The summed E-state index contributed by atoms with van der Waals surface area (Å²) in [5, 5.41) is 0. The van der Waals surface area contributed by atoms with Gasteiger partial charge in [0.15, 0.2) is 9.84 Å². The summed E-state index contributed by atoms with van der Waals surface area (Å²) < 4.78 is 22.3. The molecule has 0 N–H and O–H groups in total. The van der Waals surface area contributed by atoms with Crippen LogP contribution in [0.15, 0.2) is 23.1 Å². The van der Waals surface area contributed by atoms with E-state index in [-0.39, 0.29) is 0 Å². The van der Waals surface area contributed by atoms with E-state index in [0.29, 0.717) is 4.90 Å². The number of rotatable bonds is 1. The minimum Gasteiger partial charge on any atom is -0.224 e. The molecule has 0 spiro atoms. The van der Waals surface area contributed by atoms with Crippen molar-refractivity contribution in [3.8, 4) is 0 Å². The number of sulfone groups is 1. The lowest BCUT2D eigenvalue weighted by Gasteiger charge is -2.03. The first-order chi connectivity index (χ1) is 5.41. The molecule has 0 amide bonds. The molecule has 0 atom stereocenters. The first-order valence-electron chi connectivity index (χ1n) is 3.54. The van der Waals surface area contributed by atoms with Crippen LogP contribution in [0, 0.1) is 13.8 Å². The molecule has 12 heavy (non-hydrogen) atoms. The van der Waals surface area contributed by atoms with E-state index in [1.54, 1.807) is 25.1 Å². The van der Waals surface area contributed by atoms with E-state index in [9.17, 15) is 8.42 Å². The number of benzene rings is 1. The molecule has 0 aliphatic heterocycles.